The minimum absolute atomic E-state index is 0.545. The fraction of sp³-hybridized carbons (Fsp3) is 0.267. The number of oxazole rings is 1. The molecule has 0 spiro atoms. The molecule has 2 heterocycles. The lowest BCUT2D eigenvalue weighted by Gasteiger charge is -1.96. The highest BCUT2D eigenvalue weighted by atomic mass is 35.5. The maximum atomic E-state index is 6.00. The lowest BCUT2D eigenvalue weighted by molar-refractivity contribution is 0.535. The van der Waals surface area contributed by atoms with Crippen molar-refractivity contribution in [3.05, 3.63) is 52.9 Å². The molecule has 0 N–H and O–H groups in total. The number of aromatic nitrogens is 4. The Morgan fingerprint density at radius 1 is 1.33 bits per heavy atom. The summed E-state index contributed by atoms with van der Waals surface area (Å²) in [6, 6.07) is 7.46. The van der Waals surface area contributed by atoms with Crippen molar-refractivity contribution in [2.75, 3.05) is 0 Å². The van der Waals surface area contributed by atoms with Crippen LogP contribution in [0.4, 0.5) is 0 Å². The van der Waals surface area contributed by atoms with Crippen LogP contribution in [0.25, 0.3) is 11.5 Å². The first-order valence-corrected chi connectivity index (χ1v) is 7.14. The topological polar surface area (TPSA) is 56.7 Å². The summed E-state index contributed by atoms with van der Waals surface area (Å²) in [6.45, 7) is 4.47. The third kappa shape index (κ3) is 2.97. The molecule has 3 rings (SSSR count). The molecule has 6 heteroatoms. The summed E-state index contributed by atoms with van der Waals surface area (Å²) in [5.74, 6) is 2.17. The standard InChI is InChI=1S/C15H15ClN4O/c1-3-14-17-9-20(19-14)8-13-10(2)21-15(18-13)11-5-4-6-12(16)7-11/h4-7,9H,3,8H2,1-2H3. The van der Waals surface area contributed by atoms with Crippen LogP contribution in [0.5, 0.6) is 0 Å². The summed E-state index contributed by atoms with van der Waals surface area (Å²) in [5.41, 5.74) is 1.71. The monoisotopic (exact) mass is 302 g/mol. The normalized spacial score (nSPS) is 11.0. The van der Waals surface area contributed by atoms with Gasteiger partial charge in [-0.1, -0.05) is 24.6 Å². The van der Waals surface area contributed by atoms with Crippen molar-refractivity contribution in [1.82, 2.24) is 19.7 Å². The molecule has 0 saturated heterocycles. The molecule has 1 aromatic carbocycles. The Morgan fingerprint density at radius 3 is 2.90 bits per heavy atom. The van der Waals surface area contributed by atoms with Gasteiger partial charge in [-0.2, -0.15) is 5.10 Å². The van der Waals surface area contributed by atoms with Crippen LogP contribution in [-0.4, -0.2) is 19.7 Å². The summed E-state index contributed by atoms with van der Waals surface area (Å²) in [4.78, 5) is 8.75. The van der Waals surface area contributed by atoms with E-state index in [9.17, 15) is 0 Å². The van der Waals surface area contributed by atoms with Gasteiger partial charge in [-0.25, -0.2) is 14.6 Å². The molecule has 0 radical (unpaired) electrons. The van der Waals surface area contributed by atoms with E-state index in [0.717, 1.165) is 29.3 Å². The highest BCUT2D eigenvalue weighted by Gasteiger charge is 2.13. The van der Waals surface area contributed by atoms with Crippen molar-refractivity contribution in [3.8, 4) is 11.5 Å². The molecule has 0 bridgehead atoms. The molecule has 0 unspecified atom stereocenters. The number of halogens is 1. The molecule has 0 aliphatic heterocycles. The molecule has 0 amide bonds. The number of hydrogen-bond acceptors (Lipinski definition) is 4. The third-order valence-electron chi connectivity index (χ3n) is 3.18. The van der Waals surface area contributed by atoms with Gasteiger partial charge in [0.05, 0.1) is 6.54 Å². The van der Waals surface area contributed by atoms with E-state index in [2.05, 4.69) is 15.1 Å². The number of hydrogen-bond donors (Lipinski definition) is 0. The van der Waals surface area contributed by atoms with Gasteiger partial charge >= 0.3 is 0 Å². The Labute approximate surface area is 127 Å². The zero-order valence-electron chi connectivity index (χ0n) is 11.9. The predicted molar refractivity (Wildman–Crippen MR) is 80.2 cm³/mol. The second-order valence-corrected chi connectivity index (χ2v) is 5.18. The summed E-state index contributed by atoms with van der Waals surface area (Å²) >= 11 is 6.00. The van der Waals surface area contributed by atoms with Crippen LogP contribution in [0.3, 0.4) is 0 Å². The maximum absolute atomic E-state index is 6.00. The van der Waals surface area contributed by atoms with Gasteiger partial charge in [0.1, 0.15) is 23.6 Å². The summed E-state index contributed by atoms with van der Waals surface area (Å²) in [6.07, 6.45) is 2.53. The van der Waals surface area contributed by atoms with Crippen LogP contribution in [-0.2, 0) is 13.0 Å². The molecule has 0 saturated carbocycles. The molecule has 0 aliphatic carbocycles. The molecule has 0 fully saturated rings. The van der Waals surface area contributed by atoms with E-state index in [1.54, 1.807) is 11.0 Å². The summed E-state index contributed by atoms with van der Waals surface area (Å²) in [7, 11) is 0. The molecule has 0 atom stereocenters. The second-order valence-electron chi connectivity index (χ2n) is 4.74. The smallest absolute Gasteiger partial charge is 0.226 e. The van der Waals surface area contributed by atoms with Crippen LogP contribution in [0.2, 0.25) is 5.02 Å². The van der Waals surface area contributed by atoms with E-state index in [-0.39, 0.29) is 0 Å². The van der Waals surface area contributed by atoms with Crippen molar-refractivity contribution >= 4 is 11.6 Å². The number of rotatable bonds is 4. The zero-order valence-corrected chi connectivity index (χ0v) is 12.6. The van der Waals surface area contributed by atoms with Crippen molar-refractivity contribution in [2.24, 2.45) is 0 Å². The molecule has 0 aliphatic rings. The minimum Gasteiger partial charge on any atom is -0.441 e. The molecule has 3 aromatic rings. The summed E-state index contributed by atoms with van der Waals surface area (Å²) in [5, 5.41) is 5.02. The Bertz CT molecular complexity index is 763. The lowest BCUT2D eigenvalue weighted by Crippen LogP contribution is -2.02. The molecular formula is C15H15ClN4O. The number of nitrogens with zero attached hydrogens (tertiary/aromatic N) is 4. The van der Waals surface area contributed by atoms with Crippen LogP contribution >= 0.6 is 11.6 Å². The van der Waals surface area contributed by atoms with E-state index in [0.29, 0.717) is 17.5 Å². The van der Waals surface area contributed by atoms with Crippen molar-refractivity contribution in [2.45, 2.75) is 26.8 Å². The Morgan fingerprint density at radius 2 is 2.19 bits per heavy atom. The van der Waals surface area contributed by atoms with Crippen molar-refractivity contribution in [3.63, 3.8) is 0 Å². The van der Waals surface area contributed by atoms with E-state index < -0.39 is 0 Å². The van der Waals surface area contributed by atoms with E-state index in [1.807, 2.05) is 38.1 Å². The number of aryl methyl sites for hydroxylation is 2. The minimum atomic E-state index is 0.545. The number of benzene rings is 1. The average molecular weight is 303 g/mol. The first kappa shape index (κ1) is 13.8. The fourth-order valence-electron chi connectivity index (χ4n) is 2.04. The van der Waals surface area contributed by atoms with Gasteiger partial charge in [0, 0.05) is 17.0 Å². The van der Waals surface area contributed by atoms with Gasteiger partial charge in [0.2, 0.25) is 5.89 Å². The molecule has 108 valence electrons. The van der Waals surface area contributed by atoms with Gasteiger partial charge in [0.25, 0.3) is 0 Å². The predicted octanol–water partition coefficient (Wildman–Crippen LogP) is 3.51. The van der Waals surface area contributed by atoms with Gasteiger partial charge in [-0.05, 0) is 25.1 Å². The van der Waals surface area contributed by atoms with E-state index in [4.69, 9.17) is 16.0 Å². The third-order valence-corrected chi connectivity index (χ3v) is 3.41. The zero-order chi connectivity index (χ0) is 14.8. The van der Waals surface area contributed by atoms with Gasteiger partial charge in [-0.3, -0.25) is 0 Å². The van der Waals surface area contributed by atoms with Crippen molar-refractivity contribution < 1.29 is 4.42 Å². The SMILES string of the molecule is CCc1ncn(Cc2nc(-c3cccc(Cl)c3)oc2C)n1. The van der Waals surface area contributed by atoms with Gasteiger partial charge < -0.3 is 4.42 Å². The van der Waals surface area contributed by atoms with Crippen LogP contribution in [0.15, 0.2) is 35.0 Å². The quantitative estimate of drug-likeness (QED) is 0.740. The van der Waals surface area contributed by atoms with E-state index in [1.165, 1.54) is 0 Å². The Hall–Kier alpha value is -2.14. The fourth-order valence-corrected chi connectivity index (χ4v) is 2.23. The molecule has 5 nitrogen and oxygen atoms in total. The van der Waals surface area contributed by atoms with Crippen LogP contribution < -0.4 is 0 Å². The summed E-state index contributed by atoms with van der Waals surface area (Å²) < 4.78 is 7.50. The Balaban J connectivity index is 1.87. The van der Waals surface area contributed by atoms with Gasteiger partial charge in [0.15, 0.2) is 0 Å². The van der Waals surface area contributed by atoms with E-state index >= 15 is 0 Å². The average Bonchev–Trinajstić information content (AvgIpc) is 3.07. The first-order valence-electron chi connectivity index (χ1n) is 6.76. The van der Waals surface area contributed by atoms with Crippen LogP contribution in [0, 0.1) is 6.92 Å². The first-order chi connectivity index (χ1) is 10.2. The molecule has 2 aromatic heterocycles. The van der Waals surface area contributed by atoms with Crippen molar-refractivity contribution in [1.29, 1.82) is 0 Å². The highest BCUT2D eigenvalue weighted by molar-refractivity contribution is 6.30. The maximum Gasteiger partial charge on any atom is 0.226 e. The second kappa shape index (κ2) is 5.69. The molecule has 21 heavy (non-hydrogen) atoms. The lowest BCUT2D eigenvalue weighted by atomic mass is 10.2. The van der Waals surface area contributed by atoms with Gasteiger partial charge in [-0.15, -0.1) is 0 Å². The largest absolute Gasteiger partial charge is 0.441 e. The van der Waals surface area contributed by atoms with Crippen LogP contribution in [0.1, 0.15) is 24.2 Å². The Kier molecular flexibility index (Phi) is 3.75. The molecular weight excluding hydrogens is 288 g/mol. The highest BCUT2D eigenvalue weighted by Crippen LogP contribution is 2.24.